The quantitative estimate of drug-likeness (QED) is 0.242. The Hall–Kier alpha value is -3.93. The first-order valence-corrected chi connectivity index (χ1v) is 14.5. The molecule has 0 saturated carbocycles. The van der Waals surface area contributed by atoms with Gasteiger partial charge in [-0.15, -0.1) is 11.3 Å². The number of rotatable bonds is 7. The molecule has 0 atom stereocenters. The molecule has 0 radical (unpaired) electrons. The summed E-state index contributed by atoms with van der Waals surface area (Å²) in [5, 5.41) is 10.6. The van der Waals surface area contributed by atoms with Gasteiger partial charge in [0.2, 0.25) is 0 Å². The summed E-state index contributed by atoms with van der Waals surface area (Å²) >= 11 is 1.66. The van der Waals surface area contributed by atoms with Gasteiger partial charge in [0.1, 0.15) is 28.8 Å². The summed E-state index contributed by atoms with van der Waals surface area (Å²) < 4.78 is 20.1. The van der Waals surface area contributed by atoms with Crippen molar-refractivity contribution >= 4 is 49.3 Å². The molecular weight excluding hydrogens is 540 g/mol. The van der Waals surface area contributed by atoms with Crippen molar-refractivity contribution in [3.05, 3.63) is 54.3 Å². The van der Waals surface area contributed by atoms with Crippen LogP contribution in [-0.4, -0.2) is 65.1 Å². The minimum absolute atomic E-state index is 0.189. The number of thiophene rings is 1. The molecule has 41 heavy (non-hydrogen) atoms. The van der Waals surface area contributed by atoms with E-state index in [1.54, 1.807) is 17.4 Å². The second kappa shape index (κ2) is 11.2. The zero-order valence-corrected chi connectivity index (χ0v) is 24.5. The summed E-state index contributed by atoms with van der Waals surface area (Å²) in [5.41, 5.74) is 2.53. The molecule has 0 unspecified atom stereocenters. The number of hydrogen-bond donors (Lipinski definition) is 2. The summed E-state index contributed by atoms with van der Waals surface area (Å²) in [5.74, 6) is 2.82. The molecule has 1 aliphatic heterocycles. The summed E-state index contributed by atoms with van der Waals surface area (Å²) in [6.45, 7) is 11.1. The van der Waals surface area contributed by atoms with Crippen LogP contribution in [-0.2, 0) is 17.2 Å². The number of benzene rings is 2. The predicted molar refractivity (Wildman–Crippen MR) is 162 cm³/mol. The minimum atomic E-state index is -0.389. The number of urea groups is 1. The highest BCUT2D eigenvalue weighted by Crippen LogP contribution is 2.38. The minimum Gasteiger partial charge on any atom is -0.492 e. The topological polar surface area (TPSA) is 107 Å². The van der Waals surface area contributed by atoms with Crippen molar-refractivity contribution in [3.8, 4) is 17.1 Å². The van der Waals surface area contributed by atoms with Gasteiger partial charge in [-0.3, -0.25) is 10.2 Å². The molecule has 2 aromatic carbocycles. The fourth-order valence-corrected chi connectivity index (χ4v) is 6.00. The van der Waals surface area contributed by atoms with Gasteiger partial charge >= 0.3 is 6.03 Å². The second-order valence-electron chi connectivity index (χ2n) is 11.2. The van der Waals surface area contributed by atoms with Crippen LogP contribution >= 0.6 is 11.3 Å². The molecule has 0 bridgehead atoms. The molecular formula is C30H34N6O4S. The number of amides is 2. The number of anilines is 2. The van der Waals surface area contributed by atoms with Crippen molar-refractivity contribution in [1.82, 2.24) is 19.6 Å². The van der Waals surface area contributed by atoms with Gasteiger partial charge in [0.15, 0.2) is 5.82 Å². The normalized spacial score (nSPS) is 14.5. The zero-order valence-electron chi connectivity index (χ0n) is 23.7. The van der Waals surface area contributed by atoms with Crippen molar-refractivity contribution in [1.29, 1.82) is 0 Å². The molecule has 0 aliphatic carbocycles. The lowest BCUT2D eigenvalue weighted by Gasteiger charge is -2.26. The number of carbonyl (C=O) groups is 1. The molecule has 1 fully saturated rings. The summed E-state index contributed by atoms with van der Waals surface area (Å²) in [6.07, 6.45) is 0. The number of imidazole rings is 1. The maximum absolute atomic E-state index is 12.5. The monoisotopic (exact) mass is 574 g/mol. The first-order chi connectivity index (χ1) is 19.7. The van der Waals surface area contributed by atoms with Gasteiger partial charge in [-0.2, -0.15) is 0 Å². The SMILES string of the molecule is Cn1c(-c2ccc(NC(=O)Nc3cc(C(C)(C)C)on3)cc2)nc2sc3cc(OCCN4CCOCC4)ccc3c21. The molecule has 2 N–H and O–H groups in total. The van der Waals surface area contributed by atoms with E-state index in [1.165, 1.54) is 0 Å². The molecule has 1 saturated heterocycles. The van der Waals surface area contributed by atoms with E-state index in [4.69, 9.17) is 19.0 Å². The molecule has 10 nitrogen and oxygen atoms in total. The van der Waals surface area contributed by atoms with Crippen LogP contribution in [0.2, 0.25) is 0 Å². The Balaban J connectivity index is 1.11. The lowest BCUT2D eigenvalue weighted by molar-refractivity contribution is 0.0322. The average Bonchev–Trinajstić information content (AvgIpc) is 3.64. The van der Waals surface area contributed by atoms with Crippen LogP contribution in [0.3, 0.4) is 0 Å². The molecule has 4 heterocycles. The number of morpholine rings is 1. The number of nitrogens with one attached hydrogen (secondary N) is 2. The highest BCUT2D eigenvalue weighted by Gasteiger charge is 2.21. The van der Waals surface area contributed by atoms with Crippen LogP contribution in [0.4, 0.5) is 16.3 Å². The van der Waals surface area contributed by atoms with Crippen molar-refractivity contribution in [3.63, 3.8) is 0 Å². The van der Waals surface area contributed by atoms with Crippen LogP contribution in [0, 0.1) is 0 Å². The maximum atomic E-state index is 12.5. The van der Waals surface area contributed by atoms with E-state index < -0.39 is 0 Å². The van der Waals surface area contributed by atoms with E-state index in [2.05, 4.69) is 37.4 Å². The largest absolute Gasteiger partial charge is 0.492 e. The van der Waals surface area contributed by atoms with Gasteiger partial charge in [-0.1, -0.05) is 25.9 Å². The Morgan fingerprint density at radius 1 is 1.07 bits per heavy atom. The van der Waals surface area contributed by atoms with Gasteiger partial charge in [0.05, 0.1) is 18.7 Å². The number of aromatic nitrogens is 3. The summed E-state index contributed by atoms with van der Waals surface area (Å²) in [4.78, 5) is 20.8. The number of ether oxygens (including phenoxy) is 2. The fourth-order valence-electron chi connectivity index (χ4n) is 4.86. The standard InChI is InChI=1S/C30H34N6O4S/c1-30(2,3)24-18-25(34-40-24)32-29(37)31-20-7-5-19(6-8-20)27-33-28-26(35(27)4)22-10-9-21(17-23(22)41-28)39-16-13-36-11-14-38-15-12-36/h5-10,17-18H,11-16H2,1-4H3,(H2,31,32,34,37). The Labute approximate surface area is 242 Å². The van der Waals surface area contributed by atoms with Crippen LogP contribution in [0.25, 0.3) is 31.8 Å². The third-order valence-corrected chi connectivity index (χ3v) is 8.19. The Morgan fingerprint density at radius 2 is 1.85 bits per heavy atom. The Morgan fingerprint density at radius 3 is 2.59 bits per heavy atom. The molecule has 11 heteroatoms. The fraction of sp³-hybridized carbons (Fsp3) is 0.367. The summed E-state index contributed by atoms with van der Waals surface area (Å²) in [6, 6.07) is 15.2. The van der Waals surface area contributed by atoms with E-state index in [9.17, 15) is 4.79 Å². The molecule has 0 spiro atoms. The van der Waals surface area contributed by atoms with Crippen LogP contribution < -0.4 is 15.4 Å². The van der Waals surface area contributed by atoms with E-state index in [-0.39, 0.29) is 11.4 Å². The van der Waals surface area contributed by atoms with Gasteiger partial charge in [0, 0.05) is 59.5 Å². The maximum Gasteiger partial charge on any atom is 0.324 e. The number of fused-ring (bicyclic) bond motifs is 3. The highest BCUT2D eigenvalue weighted by atomic mass is 32.1. The van der Waals surface area contributed by atoms with Gasteiger partial charge in [0.25, 0.3) is 0 Å². The Bertz CT molecular complexity index is 1680. The second-order valence-corrected chi connectivity index (χ2v) is 12.2. The van der Waals surface area contributed by atoms with Crippen molar-refractivity contribution in [2.45, 2.75) is 26.2 Å². The average molecular weight is 575 g/mol. The first-order valence-electron chi connectivity index (χ1n) is 13.7. The molecule has 214 valence electrons. The third kappa shape index (κ3) is 5.92. The number of nitrogens with zero attached hydrogens (tertiary/aromatic N) is 4. The molecule has 1 aliphatic rings. The lowest BCUT2D eigenvalue weighted by Crippen LogP contribution is -2.38. The van der Waals surface area contributed by atoms with Crippen LogP contribution in [0.5, 0.6) is 5.75 Å². The van der Waals surface area contributed by atoms with Crippen LogP contribution in [0.15, 0.2) is 53.1 Å². The number of aryl methyl sites for hydroxylation is 1. The predicted octanol–water partition coefficient (Wildman–Crippen LogP) is 6.10. The van der Waals surface area contributed by atoms with Crippen LogP contribution in [0.1, 0.15) is 26.5 Å². The number of hydrogen-bond acceptors (Lipinski definition) is 8. The van der Waals surface area contributed by atoms with Crippen molar-refractivity contribution < 1.29 is 18.8 Å². The molecule has 6 rings (SSSR count). The first kappa shape index (κ1) is 27.3. The smallest absolute Gasteiger partial charge is 0.324 e. The highest BCUT2D eigenvalue weighted by molar-refractivity contribution is 7.25. The third-order valence-electron chi connectivity index (χ3n) is 7.15. The molecule has 5 aromatic rings. The van der Waals surface area contributed by atoms with E-state index in [1.807, 2.05) is 58.2 Å². The Kier molecular flexibility index (Phi) is 7.41. The molecule has 2 amide bonds. The van der Waals surface area contributed by atoms with E-state index >= 15 is 0 Å². The van der Waals surface area contributed by atoms with Gasteiger partial charge < -0.3 is 23.9 Å². The van der Waals surface area contributed by atoms with Gasteiger partial charge in [-0.05, 0) is 42.5 Å². The van der Waals surface area contributed by atoms with E-state index in [0.717, 1.165) is 70.4 Å². The molecule has 3 aromatic heterocycles. The van der Waals surface area contributed by atoms with Crippen molar-refractivity contribution in [2.75, 3.05) is 50.1 Å². The zero-order chi connectivity index (χ0) is 28.6. The summed E-state index contributed by atoms with van der Waals surface area (Å²) in [7, 11) is 2.03. The number of carbonyl (C=O) groups excluding carboxylic acids is 1. The lowest BCUT2D eigenvalue weighted by atomic mass is 9.93. The van der Waals surface area contributed by atoms with Gasteiger partial charge in [-0.25, -0.2) is 9.78 Å². The van der Waals surface area contributed by atoms with Crippen molar-refractivity contribution in [2.24, 2.45) is 7.05 Å². The van der Waals surface area contributed by atoms with E-state index in [0.29, 0.717) is 23.9 Å².